The third kappa shape index (κ3) is 4.29. The summed E-state index contributed by atoms with van der Waals surface area (Å²) in [5.41, 5.74) is 2.70. The first-order chi connectivity index (χ1) is 11.7. The van der Waals surface area contributed by atoms with E-state index >= 15 is 0 Å². The zero-order valence-corrected chi connectivity index (χ0v) is 13.2. The first-order valence-electron chi connectivity index (χ1n) is 7.80. The van der Waals surface area contributed by atoms with E-state index in [0.717, 1.165) is 11.1 Å². The summed E-state index contributed by atoms with van der Waals surface area (Å²) in [6, 6.07) is 15.7. The maximum absolute atomic E-state index is 12.8. The van der Waals surface area contributed by atoms with Crippen LogP contribution in [0.5, 0.6) is 0 Å². The topological polar surface area (TPSA) is 46.9 Å². The van der Waals surface area contributed by atoms with Crippen molar-refractivity contribution in [1.82, 2.24) is 15.1 Å². The minimum atomic E-state index is -0.252. The molecule has 0 bridgehead atoms. The van der Waals surface area contributed by atoms with Crippen molar-refractivity contribution >= 4 is 5.91 Å². The number of hydrogen-bond acceptors (Lipinski definition) is 2. The van der Waals surface area contributed by atoms with Gasteiger partial charge in [0.1, 0.15) is 5.82 Å². The fourth-order valence-corrected chi connectivity index (χ4v) is 2.42. The van der Waals surface area contributed by atoms with E-state index < -0.39 is 0 Å². The highest BCUT2D eigenvalue weighted by molar-refractivity contribution is 5.94. The number of rotatable bonds is 6. The van der Waals surface area contributed by atoms with E-state index in [2.05, 4.69) is 10.4 Å². The Morgan fingerprint density at radius 2 is 1.75 bits per heavy atom. The predicted molar refractivity (Wildman–Crippen MR) is 90.2 cm³/mol. The van der Waals surface area contributed by atoms with Crippen molar-refractivity contribution in [2.75, 3.05) is 6.54 Å². The molecule has 0 aliphatic heterocycles. The van der Waals surface area contributed by atoms with Crippen molar-refractivity contribution < 1.29 is 9.18 Å². The maximum Gasteiger partial charge on any atom is 0.251 e. The molecule has 1 amide bonds. The Labute approximate surface area is 139 Å². The Morgan fingerprint density at radius 3 is 2.42 bits per heavy atom. The maximum atomic E-state index is 12.8. The smallest absolute Gasteiger partial charge is 0.251 e. The molecule has 1 N–H and O–H groups in total. The Kier molecular flexibility index (Phi) is 5.01. The standard InChI is InChI=1S/C19H18FN3O/c20-18-8-4-15(5-9-18)10-12-21-19(24)17-6-2-16(3-7-17)14-23-13-1-11-22-23/h1-9,11,13H,10,12,14H2,(H,21,24). The molecule has 122 valence electrons. The average molecular weight is 323 g/mol. The van der Waals surface area contributed by atoms with Crippen molar-refractivity contribution in [2.45, 2.75) is 13.0 Å². The van der Waals surface area contributed by atoms with Crippen LogP contribution in [0.25, 0.3) is 0 Å². The number of nitrogens with zero attached hydrogens (tertiary/aromatic N) is 2. The van der Waals surface area contributed by atoms with Gasteiger partial charge in [-0.2, -0.15) is 5.10 Å². The second-order valence-electron chi connectivity index (χ2n) is 5.53. The normalized spacial score (nSPS) is 10.5. The van der Waals surface area contributed by atoms with Crippen molar-refractivity contribution in [2.24, 2.45) is 0 Å². The molecule has 0 fully saturated rings. The van der Waals surface area contributed by atoms with E-state index in [4.69, 9.17) is 0 Å². The fraction of sp³-hybridized carbons (Fsp3) is 0.158. The van der Waals surface area contributed by atoms with Crippen LogP contribution in [0.3, 0.4) is 0 Å². The molecule has 0 radical (unpaired) electrons. The van der Waals surface area contributed by atoms with Gasteiger partial charge in [0.15, 0.2) is 0 Å². The summed E-state index contributed by atoms with van der Waals surface area (Å²) >= 11 is 0. The Hall–Kier alpha value is -2.95. The second-order valence-corrected chi connectivity index (χ2v) is 5.53. The lowest BCUT2D eigenvalue weighted by Gasteiger charge is -2.07. The molecular formula is C19H18FN3O. The second kappa shape index (κ2) is 7.55. The molecule has 1 aromatic heterocycles. The Bertz CT molecular complexity index is 780. The van der Waals surface area contributed by atoms with E-state index in [1.165, 1.54) is 12.1 Å². The highest BCUT2D eigenvalue weighted by atomic mass is 19.1. The van der Waals surface area contributed by atoms with Crippen LogP contribution in [0.2, 0.25) is 0 Å². The molecule has 0 saturated heterocycles. The van der Waals surface area contributed by atoms with Gasteiger partial charge >= 0.3 is 0 Å². The molecule has 3 aromatic rings. The summed E-state index contributed by atoms with van der Waals surface area (Å²) in [5, 5.41) is 7.03. The van der Waals surface area contributed by atoms with Crippen LogP contribution in [0.15, 0.2) is 67.0 Å². The van der Waals surface area contributed by atoms with Crippen LogP contribution in [0.1, 0.15) is 21.5 Å². The zero-order chi connectivity index (χ0) is 16.8. The molecule has 3 rings (SSSR count). The SMILES string of the molecule is O=C(NCCc1ccc(F)cc1)c1ccc(Cn2cccn2)cc1. The molecule has 0 spiro atoms. The van der Waals surface area contributed by atoms with Crippen LogP contribution < -0.4 is 5.32 Å². The van der Waals surface area contributed by atoms with Crippen molar-refractivity contribution in [3.63, 3.8) is 0 Å². The van der Waals surface area contributed by atoms with E-state index in [1.807, 2.05) is 41.2 Å². The van der Waals surface area contributed by atoms with Gasteiger partial charge in [0.25, 0.3) is 5.91 Å². The molecule has 0 saturated carbocycles. The van der Waals surface area contributed by atoms with Gasteiger partial charge in [0.05, 0.1) is 6.54 Å². The third-order valence-electron chi connectivity index (χ3n) is 3.73. The van der Waals surface area contributed by atoms with Gasteiger partial charge in [0, 0.05) is 24.5 Å². The molecule has 0 atom stereocenters. The van der Waals surface area contributed by atoms with Crippen molar-refractivity contribution in [3.05, 3.63) is 89.5 Å². The van der Waals surface area contributed by atoms with Gasteiger partial charge in [-0.1, -0.05) is 24.3 Å². The fourth-order valence-electron chi connectivity index (χ4n) is 2.42. The molecule has 4 nitrogen and oxygen atoms in total. The zero-order valence-electron chi connectivity index (χ0n) is 13.2. The minimum Gasteiger partial charge on any atom is -0.352 e. The third-order valence-corrected chi connectivity index (χ3v) is 3.73. The van der Waals surface area contributed by atoms with Crippen LogP contribution >= 0.6 is 0 Å². The molecule has 5 heteroatoms. The number of halogens is 1. The number of benzene rings is 2. The number of amides is 1. The lowest BCUT2D eigenvalue weighted by molar-refractivity contribution is 0.0954. The molecule has 24 heavy (non-hydrogen) atoms. The average Bonchev–Trinajstić information content (AvgIpc) is 3.10. The molecule has 0 aliphatic carbocycles. The highest BCUT2D eigenvalue weighted by Crippen LogP contribution is 2.07. The molecular weight excluding hydrogens is 305 g/mol. The summed E-state index contributed by atoms with van der Waals surface area (Å²) in [6.45, 7) is 1.19. The number of nitrogens with one attached hydrogen (secondary N) is 1. The number of carbonyl (C=O) groups excluding carboxylic acids is 1. The van der Waals surface area contributed by atoms with Gasteiger partial charge in [0.2, 0.25) is 0 Å². The monoisotopic (exact) mass is 323 g/mol. The number of hydrogen-bond donors (Lipinski definition) is 1. The summed E-state index contributed by atoms with van der Waals surface area (Å²) in [4.78, 5) is 12.1. The Balaban J connectivity index is 1.50. The summed E-state index contributed by atoms with van der Waals surface area (Å²) < 4.78 is 14.7. The van der Waals surface area contributed by atoms with Crippen molar-refractivity contribution in [3.8, 4) is 0 Å². The van der Waals surface area contributed by atoms with Crippen LogP contribution in [-0.4, -0.2) is 22.2 Å². The van der Waals surface area contributed by atoms with E-state index in [1.54, 1.807) is 18.3 Å². The molecule has 2 aromatic carbocycles. The predicted octanol–water partition coefficient (Wildman–Crippen LogP) is 3.04. The number of aromatic nitrogens is 2. The lowest BCUT2D eigenvalue weighted by Crippen LogP contribution is -2.25. The molecule has 0 aliphatic rings. The van der Waals surface area contributed by atoms with Gasteiger partial charge in [-0.15, -0.1) is 0 Å². The molecule has 1 heterocycles. The minimum absolute atomic E-state index is 0.109. The van der Waals surface area contributed by atoms with Crippen LogP contribution in [0.4, 0.5) is 4.39 Å². The summed E-state index contributed by atoms with van der Waals surface area (Å²) in [6.07, 6.45) is 4.31. The summed E-state index contributed by atoms with van der Waals surface area (Å²) in [7, 11) is 0. The van der Waals surface area contributed by atoms with E-state index in [-0.39, 0.29) is 11.7 Å². The number of carbonyl (C=O) groups is 1. The Morgan fingerprint density at radius 1 is 1.04 bits per heavy atom. The van der Waals surface area contributed by atoms with E-state index in [0.29, 0.717) is 25.1 Å². The van der Waals surface area contributed by atoms with E-state index in [9.17, 15) is 9.18 Å². The van der Waals surface area contributed by atoms with Gasteiger partial charge in [-0.3, -0.25) is 9.48 Å². The first kappa shape index (κ1) is 15.9. The van der Waals surface area contributed by atoms with Crippen LogP contribution in [0, 0.1) is 5.82 Å². The van der Waals surface area contributed by atoms with Crippen molar-refractivity contribution in [1.29, 1.82) is 0 Å². The lowest BCUT2D eigenvalue weighted by atomic mass is 10.1. The first-order valence-corrected chi connectivity index (χ1v) is 7.80. The van der Waals surface area contributed by atoms with Gasteiger partial charge < -0.3 is 5.32 Å². The highest BCUT2D eigenvalue weighted by Gasteiger charge is 2.05. The molecule has 0 unspecified atom stereocenters. The quantitative estimate of drug-likeness (QED) is 0.758. The van der Waals surface area contributed by atoms with Gasteiger partial charge in [-0.05, 0) is 47.9 Å². The van der Waals surface area contributed by atoms with Gasteiger partial charge in [-0.25, -0.2) is 4.39 Å². The van der Waals surface area contributed by atoms with Crippen LogP contribution in [-0.2, 0) is 13.0 Å². The summed E-state index contributed by atoms with van der Waals surface area (Å²) in [5.74, 6) is -0.360. The largest absolute Gasteiger partial charge is 0.352 e.